The van der Waals surface area contributed by atoms with Crippen molar-refractivity contribution in [1.82, 2.24) is 0 Å². The third-order valence-electron chi connectivity index (χ3n) is 3.42. The number of esters is 1. The van der Waals surface area contributed by atoms with Crippen LogP contribution in [0, 0.1) is 0 Å². The SMILES string of the molecule is CCCCOc1ccc(C(=O)Oc2ccc(OC)cc2)cc1.C[SiH2]O[SiH3]. The number of rotatable bonds is 8. The van der Waals surface area contributed by atoms with Gasteiger partial charge in [0.05, 0.1) is 19.3 Å². The summed E-state index contributed by atoms with van der Waals surface area (Å²) in [5.74, 6) is 1.56. The van der Waals surface area contributed by atoms with Crippen LogP contribution in [0.2, 0.25) is 6.55 Å². The Bertz CT molecular complexity index is 627. The molecule has 2 aromatic carbocycles. The number of unbranched alkanes of at least 4 members (excludes halogenated alkanes) is 1. The predicted molar refractivity (Wildman–Crippen MR) is 110 cm³/mol. The van der Waals surface area contributed by atoms with Crippen molar-refractivity contribution in [3.63, 3.8) is 0 Å². The van der Waals surface area contributed by atoms with E-state index in [0.717, 1.165) is 29.1 Å². The molecule has 0 radical (unpaired) electrons. The second-order valence-corrected chi connectivity index (χ2v) is 8.26. The molecular weight excluding hydrogens is 364 g/mol. The molecule has 2 rings (SSSR count). The Morgan fingerprint density at radius 2 is 1.54 bits per heavy atom. The summed E-state index contributed by atoms with van der Waals surface area (Å²) >= 11 is 0. The molecule has 0 saturated carbocycles. The molecule has 0 atom stereocenters. The Kier molecular flexibility index (Phi) is 11.1. The fraction of sp³-hybridized carbons (Fsp3) is 0.316. The first kappa shape index (κ1) is 21.9. The lowest BCUT2D eigenvalue weighted by Crippen LogP contribution is -2.08. The maximum atomic E-state index is 12.0. The Hall–Kier alpha value is -2.10. The van der Waals surface area contributed by atoms with Gasteiger partial charge in [0, 0.05) is 0 Å². The van der Waals surface area contributed by atoms with Crippen molar-refractivity contribution in [2.75, 3.05) is 13.7 Å². The molecule has 0 bridgehead atoms. The molecule has 5 nitrogen and oxygen atoms in total. The van der Waals surface area contributed by atoms with E-state index in [0.29, 0.717) is 23.7 Å². The number of carbonyl (C=O) groups is 1. The minimum atomic E-state index is -0.398. The van der Waals surface area contributed by atoms with Crippen LogP contribution in [0.5, 0.6) is 17.2 Å². The summed E-state index contributed by atoms with van der Waals surface area (Å²) in [6.45, 7) is 4.93. The van der Waals surface area contributed by atoms with Crippen molar-refractivity contribution in [3.05, 3.63) is 54.1 Å². The van der Waals surface area contributed by atoms with Gasteiger partial charge in [-0.05, 0) is 55.0 Å². The Labute approximate surface area is 161 Å². The van der Waals surface area contributed by atoms with E-state index in [1.165, 1.54) is 0 Å². The highest BCUT2D eigenvalue weighted by atomic mass is 28.3. The Balaban J connectivity index is 0.000000765. The zero-order valence-electron chi connectivity index (χ0n) is 16.0. The minimum Gasteiger partial charge on any atom is -0.497 e. The van der Waals surface area contributed by atoms with Gasteiger partial charge in [-0.25, -0.2) is 4.79 Å². The first-order chi connectivity index (χ1) is 12.6. The maximum absolute atomic E-state index is 12.0. The third-order valence-corrected chi connectivity index (χ3v) is 5.72. The monoisotopic (exact) mass is 392 g/mol. The summed E-state index contributed by atoms with van der Waals surface area (Å²) in [5, 5.41) is 0. The minimum absolute atomic E-state index is 0.0139. The van der Waals surface area contributed by atoms with Gasteiger partial charge in [0.15, 0.2) is 0 Å². The van der Waals surface area contributed by atoms with Crippen molar-refractivity contribution in [1.29, 1.82) is 0 Å². The first-order valence-corrected chi connectivity index (χ1v) is 11.5. The number of hydrogen-bond acceptors (Lipinski definition) is 5. The molecule has 26 heavy (non-hydrogen) atoms. The Morgan fingerprint density at radius 1 is 1.00 bits per heavy atom. The van der Waals surface area contributed by atoms with E-state index in [-0.39, 0.29) is 9.76 Å². The van der Waals surface area contributed by atoms with E-state index in [2.05, 4.69) is 13.5 Å². The molecule has 0 aliphatic heterocycles. The molecule has 0 N–H and O–H groups in total. The van der Waals surface area contributed by atoms with Crippen LogP contribution in [0.15, 0.2) is 48.5 Å². The summed E-state index contributed by atoms with van der Waals surface area (Å²) < 4.78 is 20.7. The normalized spacial score (nSPS) is 10.3. The molecule has 0 heterocycles. The average molecular weight is 393 g/mol. The average Bonchev–Trinajstić information content (AvgIpc) is 2.69. The van der Waals surface area contributed by atoms with Crippen LogP contribution in [-0.4, -0.2) is 39.9 Å². The van der Waals surface area contributed by atoms with Gasteiger partial charge in [-0.2, -0.15) is 0 Å². The van der Waals surface area contributed by atoms with Gasteiger partial charge in [0.1, 0.15) is 37.5 Å². The van der Waals surface area contributed by atoms with Gasteiger partial charge in [-0.15, -0.1) is 0 Å². The zero-order chi connectivity index (χ0) is 19.2. The lowest BCUT2D eigenvalue weighted by Gasteiger charge is -2.07. The van der Waals surface area contributed by atoms with E-state index in [4.69, 9.17) is 18.3 Å². The number of carbonyl (C=O) groups excluding carboxylic acids is 1. The van der Waals surface area contributed by atoms with Crippen LogP contribution in [0.3, 0.4) is 0 Å². The Morgan fingerprint density at radius 3 is 2.04 bits per heavy atom. The number of ether oxygens (including phenoxy) is 3. The number of hydrogen-bond donors (Lipinski definition) is 0. The summed E-state index contributed by atoms with van der Waals surface area (Å²) in [6.07, 6.45) is 2.10. The highest BCUT2D eigenvalue weighted by Crippen LogP contribution is 2.19. The van der Waals surface area contributed by atoms with Crippen LogP contribution < -0.4 is 14.2 Å². The largest absolute Gasteiger partial charge is 0.497 e. The van der Waals surface area contributed by atoms with E-state index >= 15 is 0 Å². The van der Waals surface area contributed by atoms with E-state index in [1.807, 2.05) is 0 Å². The zero-order valence-corrected chi connectivity index (χ0v) is 19.4. The molecule has 0 aliphatic carbocycles. The maximum Gasteiger partial charge on any atom is 0.343 e. The molecule has 0 fully saturated rings. The van der Waals surface area contributed by atoms with Gasteiger partial charge < -0.3 is 18.3 Å². The van der Waals surface area contributed by atoms with Gasteiger partial charge in [0.2, 0.25) is 0 Å². The lowest BCUT2D eigenvalue weighted by molar-refractivity contribution is 0.0734. The fourth-order valence-corrected chi connectivity index (χ4v) is 1.83. The molecule has 0 aromatic heterocycles. The van der Waals surface area contributed by atoms with E-state index in [9.17, 15) is 4.79 Å². The molecule has 2 aromatic rings. The number of benzene rings is 2. The summed E-state index contributed by atoms with van der Waals surface area (Å²) in [7, 11) is 2.53. The van der Waals surface area contributed by atoms with Crippen LogP contribution >= 0.6 is 0 Å². The van der Waals surface area contributed by atoms with Gasteiger partial charge in [0.25, 0.3) is 0 Å². The van der Waals surface area contributed by atoms with Crippen molar-refractivity contribution < 1.29 is 23.1 Å². The van der Waals surface area contributed by atoms with Crippen molar-refractivity contribution in [2.24, 2.45) is 0 Å². The number of methoxy groups -OCH3 is 1. The van der Waals surface area contributed by atoms with Gasteiger partial charge in [-0.1, -0.05) is 19.9 Å². The molecule has 0 unspecified atom stereocenters. The summed E-state index contributed by atoms with van der Waals surface area (Å²) in [4.78, 5) is 12.0. The third kappa shape index (κ3) is 8.33. The molecule has 0 aliphatic rings. The summed E-state index contributed by atoms with van der Waals surface area (Å²) in [5.41, 5.74) is 0.485. The van der Waals surface area contributed by atoms with Gasteiger partial charge in [-0.3, -0.25) is 0 Å². The van der Waals surface area contributed by atoms with Crippen molar-refractivity contribution in [3.8, 4) is 17.2 Å². The predicted octanol–water partition coefficient (Wildman–Crippen LogP) is 2.51. The smallest absolute Gasteiger partial charge is 0.343 e. The quantitative estimate of drug-likeness (QED) is 0.299. The molecule has 0 spiro atoms. The lowest BCUT2D eigenvalue weighted by atomic mass is 10.2. The van der Waals surface area contributed by atoms with Crippen LogP contribution in [0.4, 0.5) is 0 Å². The highest BCUT2D eigenvalue weighted by Gasteiger charge is 2.09. The van der Waals surface area contributed by atoms with Crippen molar-refractivity contribution >= 4 is 26.2 Å². The first-order valence-electron chi connectivity index (χ1n) is 8.72. The molecular formula is C19H28O5Si2. The second-order valence-electron chi connectivity index (χ2n) is 5.37. The highest BCUT2D eigenvalue weighted by molar-refractivity contribution is 6.32. The van der Waals surface area contributed by atoms with Crippen molar-refractivity contribution in [2.45, 2.75) is 26.3 Å². The standard InChI is InChI=1S/C18H20O4.CH8OSi2/c1-3-4-13-21-16-7-5-14(6-8-16)18(19)22-17-11-9-15(20-2)10-12-17;1-4-2-3/h5-12H,3-4,13H2,1-2H3;4H2,1,3H3. The molecule has 142 valence electrons. The van der Waals surface area contributed by atoms with Crippen LogP contribution in [0.25, 0.3) is 0 Å². The van der Waals surface area contributed by atoms with Crippen LogP contribution in [0.1, 0.15) is 30.1 Å². The summed E-state index contributed by atoms with van der Waals surface area (Å²) in [6, 6.07) is 13.8. The van der Waals surface area contributed by atoms with E-state index in [1.54, 1.807) is 55.6 Å². The van der Waals surface area contributed by atoms with Gasteiger partial charge >= 0.3 is 5.97 Å². The molecule has 0 saturated heterocycles. The van der Waals surface area contributed by atoms with Crippen LogP contribution in [-0.2, 0) is 4.12 Å². The molecule has 0 amide bonds. The second kappa shape index (κ2) is 13.2. The molecule has 7 heteroatoms. The topological polar surface area (TPSA) is 54.0 Å². The fourth-order valence-electron chi connectivity index (χ4n) is 1.83. The van der Waals surface area contributed by atoms with E-state index < -0.39 is 5.97 Å².